The van der Waals surface area contributed by atoms with E-state index in [2.05, 4.69) is 5.10 Å². The van der Waals surface area contributed by atoms with Gasteiger partial charge in [0.05, 0.1) is 12.8 Å². The van der Waals surface area contributed by atoms with E-state index in [0.717, 1.165) is 0 Å². The Morgan fingerprint density at radius 2 is 1.82 bits per heavy atom. The molecule has 10 nitrogen and oxygen atoms in total. The highest BCUT2D eigenvalue weighted by Gasteiger charge is 2.28. The van der Waals surface area contributed by atoms with Crippen LogP contribution in [0.1, 0.15) is 12.0 Å². The summed E-state index contributed by atoms with van der Waals surface area (Å²) in [7, 11) is 1.53. The Labute approximate surface area is 158 Å². The van der Waals surface area contributed by atoms with Crippen molar-refractivity contribution in [2.24, 2.45) is 0 Å². The van der Waals surface area contributed by atoms with Gasteiger partial charge >= 0.3 is 6.03 Å². The van der Waals surface area contributed by atoms with Crippen LogP contribution in [0.5, 0.6) is 5.75 Å². The molecule has 10 heteroatoms. The number of carboxylic acids is 1. The summed E-state index contributed by atoms with van der Waals surface area (Å²) in [4.78, 5) is 45.9. The van der Waals surface area contributed by atoms with E-state index in [9.17, 15) is 24.3 Å². The van der Waals surface area contributed by atoms with E-state index in [1.807, 2.05) is 10.6 Å². The Morgan fingerprint density at radius 1 is 1.18 bits per heavy atom. The van der Waals surface area contributed by atoms with E-state index in [0.29, 0.717) is 22.6 Å². The van der Waals surface area contributed by atoms with Gasteiger partial charge < -0.3 is 14.6 Å². The molecule has 0 atom stereocenters. The summed E-state index contributed by atoms with van der Waals surface area (Å²) in [6.07, 6.45) is 2.54. The molecule has 0 unspecified atom stereocenters. The third kappa shape index (κ3) is 4.06. The van der Waals surface area contributed by atoms with E-state index < -0.39 is 23.8 Å². The number of carbonyl (C=O) groups is 4. The molecule has 1 fully saturated rings. The molecule has 144 valence electrons. The lowest BCUT2D eigenvalue weighted by molar-refractivity contribution is -0.306. The number of aliphatic carboxylic acids is 1. The molecule has 1 saturated heterocycles. The molecule has 4 amide bonds. The number of hydrogen-bond donors (Lipinski definition) is 2. The minimum absolute atomic E-state index is 0.0472. The summed E-state index contributed by atoms with van der Waals surface area (Å²) in [5, 5.41) is 19.1. The van der Waals surface area contributed by atoms with Crippen molar-refractivity contribution in [1.29, 1.82) is 0 Å². The normalized spacial score (nSPS) is 13.8. The highest BCUT2D eigenvalue weighted by Crippen LogP contribution is 2.26. The van der Waals surface area contributed by atoms with E-state index in [1.165, 1.54) is 24.1 Å². The number of carboxylic acid groups (broad SMARTS) is 1. The molecule has 3 rings (SSSR count). The van der Waals surface area contributed by atoms with Crippen LogP contribution in [0, 0.1) is 0 Å². The molecule has 1 aromatic carbocycles. The van der Waals surface area contributed by atoms with Gasteiger partial charge in [0.25, 0.3) is 11.8 Å². The van der Waals surface area contributed by atoms with Gasteiger partial charge in [-0.1, -0.05) is 0 Å². The molecule has 2 aromatic rings. The number of benzene rings is 1. The van der Waals surface area contributed by atoms with Crippen molar-refractivity contribution in [2.45, 2.75) is 13.0 Å². The van der Waals surface area contributed by atoms with Gasteiger partial charge in [0, 0.05) is 36.3 Å². The van der Waals surface area contributed by atoms with Crippen LogP contribution in [0.25, 0.3) is 17.3 Å². The Kier molecular flexibility index (Phi) is 5.21. The molecule has 0 radical (unpaired) electrons. The Hall–Kier alpha value is -3.95. The van der Waals surface area contributed by atoms with E-state index in [-0.39, 0.29) is 18.5 Å². The van der Waals surface area contributed by atoms with Gasteiger partial charge in [0.15, 0.2) is 0 Å². The molecule has 2 heterocycles. The quantitative estimate of drug-likeness (QED) is 0.503. The van der Waals surface area contributed by atoms with Crippen molar-refractivity contribution in [2.75, 3.05) is 7.11 Å². The highest BCUT2D eigenvalue weighted by atomic mass is 16.5. The number of rotatable bonds is 6. The number of barbiturate groups is 1. The zero-order valence-corrected chi connectivity index (χ0v) is 14.7. The lowest BCUT2D eigenvalue weighted by atomic mass is 10.0. The molecule has 0 bridgehead atoms. The van der Waals surface area contributed by atoms with Crippen LogP contribution in [0.15, 0.2) is 36.0 Å². The number of urea groups is 1. The SMILES string of the molecule is COc1ccc(-c2nn(CCC(=O)[O-])cc2C=C2C(=O)NC(=O)NC2=O)cc1. The number of aryl methyl sites for hydroxylation is 1. The molecule has 0 aliphatic carbocycles. The smallest absolute Gasteiger partial charge is 0.328 e. The Morgan fingerprint density at radius 3 is 2.39 bits per heavy atom. The van der Waals surface area contributed by atoms with Gasteiger partial charge in [0.2, 0.25) is 0 Å². The van der Waals surface area contributed by atoms with E-state index in [1.54, 1.807) is 24.3 Å². The van der Waals surface area contributed by atoms with Crippen LogP contribution in [0.4, 0.5) is 4.79 Å². The lowest BCUT2D eigenvalue weighted by Crippen LogP contribution is -2.51. The number of carbonyl (C=O) groups excluding carboxylic acids is 4. The third-order valence-corrected chi connectivity index (χ3v) is 3.94. The molecule has 1 aliphatic heterocycles. The van der Waals surface area contributed by atoms with Crippen molar-refractivity contribution in [3.8, 4) is 17.0 Å². The van der Waals surface area contributed by atoms with Crippen molar-refractivity contribution in [3.05, 3.63) is 41.6 Å². The van der Waals surface area contributed by atoms with Crippen LogP contribution in [0.2, 0.25) is 0 Å². The zero-order valence-electron chi connectivity index (χ0n) is 14.7. The minimum atomic E-state index is -1.23. The maximum absolute atomic E-state index is 12.0. The van der Waals surface area contributed by atoms with E-state index in [4.69, 9.17) is 4.74 Å². The standard InChI is InChI=1S/C18H16N4O6/c1-28-12-4-2-10(3-5-12)15-11(9-22(21-15)7-6-14(23)24)8-13-16(25)19-18(27)20-17(13)26/h2-5,8-9H,6-7H2,1H3,(H,23,24)(H2,19,20,25,26,27)/p-1. The van der Waals surface area contributed by atoms with Crippen LogP contribution >= 0.6 is 0 Å². The average molecular weight is 383 g/mol. The molecule has 1 aliphatic rings. The topological polar surface area (TPSA) is 142 Å². The number of methoxy groups -OCH3 is 1. The van der Waals surface area contributed by atoms with Crippen LogP contribution in [-0.4, -0.2) is 40.7 Å². The zero-order chi connectivity index (χ0) is 20.3. The van der Waals surface area contributed by atoms with Gasteiger partial charge in [-0.05, 0) is 30.3 Å². The molecule has 2 N–H and O–H groups in total. The number of ether oxygens (including phenoxy) is 1. The van der Waals surface area contributed by atoms with Crippen molar-refractivity contribution in [3.63, 3.8) is 0 Å². The van der Waals surface area contributed by atoms with Crippen molar-refractivity contribution in [1.82, 2.24) is 20.4 Å². The fraction of sp³-hybridized carbons (Fsp3) is 0.167. The molecule has 28 heavy (non-hydrogen) atoms. The summed E-state index contributed by atoms with van der Waals surface area (Å²) < 4.78 is 6.50. The minimum Gasteiger partial charge on any atom is -0.550 e. The second kappa shape index (κ2) is 7.74. The number of hydrogen-bond acceptors (Lipinski definition) is 7. The van der Waals surface area contributed by atoms with Crippen molar-refractivity contribution >= 4 is 29.9 Å². The highest BCUT2D eigenvalue weighted by molar-refractivity contribution is 6.31. The summed E-state index contributed by atoms with van der Waals surface area (Å²) in [5.41, 5.74) is 1.21. The third-order valence-electron chi connectivity index (χ3n) is 3.94. The van der Waals surface area contributed by atoms with Gasteiger partial charge in [-0.15, -0.1) is 0 Å². The monoisotopic (exact) mass is 383 g/mol. The number of aromatic nitrogens is 2. The molecular formula is C18H15N4O6-. The molecular weight excluding hydrogens is 368 g/mol. The maximum Gasteiger partial charge on any atom is 0.328 e. The van der Waals surface area contributed by atoms with Gasteiger partial charge in [0.1, 0.15) is 11.3 Å². The van der Waals surface area contributed by atoms with E-state index >= 15 is 0 Å². The first-order chi connectivity index (χ1) is 13.4. The van der Waals surface area contributed by atoms with Gasteiger partial charge in [-0.3, -0.25) is 24.9 Å². The Balaban J connectivity index is 2.03. The number of nitrogens with zero attached hydrogens (tertiary/aromatic N) is 2. The summed E-state index contributed by atoms with van der Waals surface area (Å²) in [6.45, 7) is 0.0472. The first kappa shape index (κ1) is 18.8. The average Bonchev–Trinajstić information content (AvgIpc) is 3.06. The summed E-state index contributed by atoms with van der Waals surface area (Å²) >= 11 is 0. The second-order valence-electron chi connectivity index (χ2n) is 5.84. The molecule has 1 aromatic heterocycles. The second-order valence-corrected chi connectivity index (χ2v) is 5.84. The first-order valence-electron chi connectivity index (χ1n) is 8.17. The number of amides is 4. The van der Waals surface area contributed by atoms with Crippen molar-refractivity contribution < 1.29 is 29.0 Å². The van der Waals surface area contributed by atoms with Gasteiger partial charge in [-0.25, -0.2) is 4.79 Å². The largest absolute Gasteiger partial charge is 0.550 e. The van der Waals surface area contributed by atoms with Crippen LogP contribution in [0.3, 0.4) is 0 Å². The maximum atomic E-state index is 12.0. The summed E-state index contributed by atoms with van der Waals surface area (Å²) in [5.74, 6) is -2.27. The Bertz CT molecular complexity index is 968. The number of nitrogens with one attached hydrogen (secondary N) is 2. The lowest BCUT2D eigenvalue weighted by Gasteiger charge is -2.13. The predicted molar refractivity (Wildman–Crippen MR) is 93.5 cm³/mol. The number of imide groups is 2. The molecule has 0 saturated carbocycles. The fourth-order valence-corrected chi connectivity index (χ4v) is 2.60. The van der Waals surface area contributed by atoms with Crippen LogP contribution < -0.4 is 20.5 Å². The molecule has 0 spiro atoms. The predicted octanol–water partition coefficient (Wildman–Crippen LogP) is -0.552. The van der Waals surface area contributed by atoms with Crippen LogP contribution in [-0.2, 0) is 20.9 Å². The fourth-order valence-electron chi connectivity index (χ4n) is 2.60. The first-order valence-corrected chi connectivity index (χ1v) is 8.17. The van der Waals surface area contributed by atoms with Gasteiger partial charge in [-0.2, -0.15) is 5.10 Å². The summed E-state index contributed by atoms with van der Waals surface area (Å²) in [6, 6.07) is 6.00.